The van der Waals surface area contributed by atoms with Crippen molar-refractivity contribution in [3.05, 3.63) is 0 Å². The van der Waals surface area contributed by atoms with Gasteiger partial charge in [0.2, 0.25) is 5.91 Å². The molecule has 1 rings (SSSR count). The van der Waals surface area contributed by atoms with Crippen LogP contribution >= 0.6 is 0 Å². The number of rotatable bonds is 6. The zero-order chi connectivity index (χ0) is 12.7. The summed E-state index contributed by atoms with van der Waals surface area (Å²) >= 11 is 0. The Kier molecular flexibility index (Phi) is 6.52. The lowest BCUT2D eigenvalue weighted by molar-refractivity contribution is -0.140. The van der Waals surface area contributed by atoms with Gasteiger partial charge in [-0.15, -0.1) is 0 Å². The first kappa shape index (κ1) is 14.5. The lowest BCUT2D eigenvalue weighted by Gasteiger charge is -2.30. The van der Waals surface area contributed by atoms with Crippen LogP contribution in [0.3, 0.4) is 0 Å². The number of ether oxygens (including phenoxy) is 1. The smallest absolute Gasteiger partial charge is 0.228 e. The van der Waals surface area contributed by atoms with E-state index in [4.69, 9.17) is 10.5 Å². The van der Waals surface area contributed by atoms with Crippen molar-refractivity contribution in [3.63, 3.8) is 0 Å². The topological polar surface area (TPSA) is 55.6 Å². The number of nitrogens with zero attached hydrogens (tertiary/aromatic N) is 1. The normalized spacial score (nSPS) is 20.6. The monoisotopic (exact) mass is 242 g/mol. The fourth-order valence-electron chi connectivity index (χ4n) is 2.21. The van der Waals surface area contributed by atoms with Gasteiger partial charge in [-0.2, -0.15) is 0 Å². The summed E-state index contributed by atoms with van der Waals surface area (Å²) in [7, 11) is 0. The summed E-state index contributed by atoms with van der Waals surface area (Å²) in [6, 6.07) is 0. The van der Waals surface area contributed by atoms with Crippen LogP contribution in [0.1, 0.15) is 33.1 Å². The third-order valence-corrected chi connectivity index (χ3v) is 3.04. The predicted molar refractivity (Wildman–Crippen MR) is 68.6 cm³/mol. The third-order valence-electron chi connectivity index (χ3n) is 3.04. The predicted octanol–water partition coefficient (Wildman–Crippen LogP) is 1.25. The molecule has 2 N–H and O–H groups in total. The van der Waals surface area contributed by atoms with Crippen molar-refractivity contribution in [1.82, 2.24) is 4.90 Å². The first-order chi connectivity index (χ1) is 8.15. The summed E-state index contributed by atoms with van der Waals surface area (Å²) in [5.41, 5.74) is 5.52. The Labute approximate surface area is 104 Å². The average molecular weight is 242 g/mol. The van der Waals surface area contributed by atoms with Crippen molar-refractivity contribution in [2.45, 2.75) is 33.1 Å². The van der Waals surface area contributed by atoms with E-state index in [1.165, 1.54) is 0 Å². The van der Waals surface area contributed by atoms with Gasteiger partial charge in [-0.05, 0) is 31.7 Å². The van der Waals surface area contributed by atoms with Gasteiger partial charge in [0, 0.05) is 19.7 Å². The summed E-state index contributed by atoms with van der Waals surface area (Å²) in [5.74, 6) is 0.827. The van der Waals surface area contributed by atoms with E-state index < -0.39 is 0 Å². The molecule has 1 aliphatic heterocycles. The van der Waals surface area contributed by atoms with Crippen LogP contribution in [0.15, 0.2) is 0 Å². The minimum atomic E-state index is 0.0697. The summed E-state index contributed by atoms with van der Waals surface area (Å²) in [6.45, 7) is 7.93. The Morgan fingerprint density at radius 1 is 1.53 bits per heavy atom. The van der Waals surface area contributed by atoms with E-state index in [9.17, 15) is 4.79 Å². The number of nitrogens with two attached hydrogens (primary N) is 1. The van der Waals surface area contributed by atoms with Gasteiger partial charge in [-0.3, -0.25) is 4.79 Å². The molecule has 1 heterocycles. The fraction of sp³-hybridized carbons (Fsp3) is 0.923. The second-order valence-electron chi connectivity index (χ2n) is 5.23. The van der Waals surface area contributed by atoms with Gasteiger partial charge in [0.15, 0.2) is 0 Å². The van der Waals surface area contributed by atoms with Crippen molar-refractivity contribution in [1.29, 1.82) is 0 Å². The molecule has 1 unspecified atom stereocenters. The highest BCUT2D eigenvalue weighted by Gasteiger charge is 2.26. The number of hydrogen-bond acceptors (Lipinski definition) is 3. The van der Waals surface area contributed by atoms with Crippen LogP contribution in [0.4, 0.5) is 0 Å². The van der Waals surface area contributed by atoms with Crippen LogP contribution in [0.2, 0.25) is 0 Å². The highest BCUT2D eigenvalue weighted by Crippen LogP contribution is 2.17. The molecule has 0 aliphatic carbocycles. The molecule has 1 saturated heterocycles. The average Bonchev–Trinajstić information content (AvgIpc) is 2.34. The molecule has 0 spiro atoms. The molecule has 4 heteroatoms. The Hall–Kier alpha value is -0.610. The van der Waals surface area contributed by atoms with Crippen LogP contribution in [0, 0.1) is 11.8 Å². The maximum absolute atomic E-state index is 12.3. The third kappa shape index (κ3) is 5.04. The molecule has 0 aromatic carbocycles. The van der Waals surface area contributed by atoms with Crippen molar-refractivity contribution >= 4 is 5.91 Å². The first-order valence-electron chi connectivity index (χ1n) is 6.71. The largest absolute Gasteiger partial charge is 0.381 e. The van der Waals surface area contributed by atoms with E-state index in [1.807, 2.05) is 4.90 Å². The van der Waals surface area contributed by atoms with E-state index in [0.29, 0.717) is 19.1 Å². The fourth-order valence-corrected chi connectivity index (χ4v) is 2.21. The van der Waals surface area contributed by atoms with Crippen LogP contribution in [0.5, 0.6) is 0 Å². The molecule has 1 aliphatic rings. The Balaban J connectivity index is 2.50. The minimum absolute atomic E-state index is 0.0697. The molecule has 0 bridgehead atoms. The number of carbonyl (C=O) groups is 1. The Morgan fingerprint density at radius 2 is 2.29 bits per heavy atom. The number of carbonyl (C=O) groups excluding carboxylic acids is 1. The van der Waals surface area contributed by atoms with Gasteiger partial charge in [-0.1, -0.05) is 13.8 Å². The number of hydrogen-bond donors (Lipinski definition) is 1. The van der Waals surface area contributed by atoms with Crippen LogP contribution in [-0.2, 0) is 9.53 Å². The summed E-state index contributed by atoms with van der Waals surface area (Å²) < 4.78 is 5.39. The highest BCUT2D eigenvalue weighted by atomic mass is 16.5. The van der Waals surface area contributed by atoms with Gasteiger partial charge >= 0.3 is 0 Å². The van der Waals surface area contributed by atoms with E-state index in [2.05, 4.69) is 13.8 Å². The quantitative estimate of drug-likeness (QED) is 0.762. The lowest BCUT2D eigenvalue weighted by atomic mass is 10.00. The maximum atomic E-state index is 12.3. The SMILES string of the molecule is CC(C)CN(CCCN)C(=O)C1CCCOC1. The molecular formula is C13H26N2O2. The van der Waals surface area contributed by atoms with E-state index >= 15 is 0 Å². The summed E-state index contributed by atoms with van der Waals surface area (Å²) in [5, 5.41) is 0. The standard InChI is InChI=1S/C13H26N2O2/c1-11(2)9-15(7-4-6-14)13(16)12-5-3-8-17-10-12/h11-12H,3-10,14H2,1-2H3. The zero-order valence-electron chi connectivity index (χ0n) is 11.2. The molecule has 1 atom stereocenters. The maximum Gasteiger partial charge on any atom is 0.228 e. The van der Waals surface area contributed by atoms with Crippen molar-refractivity contribution in [2.24, 2.45) is 17.6 Å². The van der Waals surface area contributed by atoms with Crippen LogP contribution in [0.25, 0.3) is 0 Å². The van der Waals surface area contributed by atoms with Gasteiger partial charge in [-0.25, -0.2) is 0 Å². The molecule has 0 radical (unpaired) electrons. The molecule has 1 amide bonds. The molecule has 0 aromatic heterocycles. The Bertz CT molecular complexity index is 225. The molecule has 0 aromatic rings. The zero-order valence-corrected chi connectivity index (χ0v) is 11.2. The molecule has 17 heavy (non-hydrogen) atoms. The van der Waals surface area contributed by atoms with Crippen LogP contribution in [-0.4, -0.2) is 43.7 Å². The Morgan fingerprint density at radius 3 is 2.82 bits per heavy atom. The van der Waals surface area contributed by atoms with Crippen LogP contribution < -0.4 is 5.73 Å². The van der Waals surface area contributed by atoms with E-state index in [1.54, 1.807) is 0 Å². The molecule has 0 saturated carbocycles. The van der Waals surface area contributed by atoms with Gasteiger partial charge in [0.1, 0.15) is 0 Å². The first-order valence-corrected chi connectivity index (χ1v) is 6.71. The summed E-state index contributed by atoms with van der Waals surface area (Å²) in [4.78, 5) is 14.3. The van der Waals surface area contributed by atoms with Crippen molar-refractivity contribution in [2.75, 3.05) is 32.8 Å². The highest BCUT2D eigenvalue weighted by molar-refractivity contribution is 5.79. The van der Waals surface area contributed by atoms with E-state index in [-0.39, 0.29) is 11.8 Å². The second-order valence-corrected chi connectivity index (χ2v) is 5.23. The lowest BCUT2D eigenvalue weighted by Crippen LogP contribution is -2.42. The molecule has 100 valence electrons. The van der Waals surface area contributed by atoms with Gasteiger partial charge < -0.3 is 15.4 Å². The van der Waals surface area contributed by atoms with Gasteiger partial charge in [0.05, 0.1) is 12.5 Å². The molecule has 1 fully saturated rings. The number of amides is 1. The molecule has 4 nitrogen and oxygen atoms in total. The minimum Gasteiger partial charge on any atom is -0.381 e. The van der Waals surface area contributed by atoms with Gasteiger partial charge in [0.25, 0.3) is 0 Å². The van der Waals surface area contributed by atoms with E-state index in [0.717, 1.165) is 39.0 Å². The summed E-state index contributed by atoms with van der Waals surface area (Å²) in [6.07, 6.45) is 2.85. The molecular weight excluding hydrogens is 216 g/mol. The second kappa shape index (κ2) is 7.67. The van der Waals surface area contributed by atoms with Crippen molar-refractivity contribution in [3.8, 4) is 0 Å². The van der Waals surface area contributed by atoms with Crippen molar-refractivity contribution < 1.29 is 9.53 Å².